The second kappa shape index (κ2) is 5.43. The van der Waals surface area contributed by atoms with Gasteiger partial charge in [0.15, 0.2) is 5.69 Å². The second-order valence-electron chi connectivity index (χ2n) is 6.62. The van der Waals surface area contributed by atoms with Gasteiger partial charge in [-0.15, -0.1) is 0 Å². The molecule has 1 amide bonds. The van der Waals surface area contributed by atoms with Crippen LogP contribution in [0.4, 0.5) is 0 Å². The molecule has 1 fully saturated rings. The molecule has 124 valence electrons. The predicted molar refractivity (Wildman–Crippen MR) is 98.8 cm³/mol. The van der Waals surface area contributed by atoms with Crippen LogP contribution in [0.2, 0.25) is 0 Å². The van der Waals surface area contributed by atoms with E-state index in [0.717, 1.165) is 30.8 Å². The van der Waals surface area contributed by atoms with Crippen molar-refractivity contribution in [2.75, 3.05) is 13.1 Å². The van der Waals surface area contributed by atoms with Crippen molar-refractivity contribution < 1.29 is 4.79 Å². The van der Waals surface area contributed by atoms with Gasteiger partial charge in [0.25, 0.3) is 5.91 Å². The lowest BCUT2D eigenvalue weighted by molar-refractivity contribution is 0.0880. The van der Waals surface area contributed by atoms with Crippen LogP contribution in [0.5, 0.6) is 0 Å². The number of nitrogens with zero attached hydrogens (tertiary/aromatic N) is 2. The molecule has 0 saturated carbocycles. The third kappa shape index (κ3) is 2.27. The minimum atomic E-state index is -0.221. The molecule has 25 heavy (non-hydrogen) atoms. The van der Waals surface area contributed by atoms with Gasteiger partial charge in [-0.2, -0.15) is 16.4 Å². The summed E-state index contributed by atoms with van der Waals surface area (Å²) in [6.45, 7) is 1.68. The van der Waals surface area contributed by atoms with Gasteiger partial charge in [-0.1, -0.05) is 42.5 Å². The lowest BCUT2D eigenvalue weighted by Crippen LogP contribution is -2.30. The van der Waals surface area contributed by atoms with Gasteiger partial charge in [0.05, 0.1) is 0 Å². The highest BCUT2D eigenvalue weighted by atomic mass is 32.1. The second-order valence-corrected chi connectivity index (χ2v) is 7.40. The van der Waals surface area contributed by atoms with Crippen molar-refractivity contribution >= 4 is 23.3 Å². The minimum absolute atomic E-state index is 0.0323. The van der Waals surface area contributed by atoms with Gasteiger partial charge >= 0.3 is 0 Å². The Morgan fingerprint density at radius 2 is 2.00 bits per heavy atom. The van der Waals surface area contributed by atoms with Crippen LogP contribution in [-0.4, -0.2) is 34.1 Å². The average Bonchev–Trinajstić information content (AvgIpc) is 3.19. The first-order valence-electron chi connectivity index (χ1n) is 8.42. The Hall–Kier alpha value is -2.66. The smallest absolute Gasteiger partial charge is 0.275 e. The predicted octanol–water partition coefficient (Wildman–Crippen LogP) is 3.48. The summed E-state index contributed by atoms with van der Waals surface area (Å²) in [5.41, 5.74) is 4.83. The Bertz CT molecular complexity index is 954. The highest BCUT2D eigenvalue weighted by Crippen LogP contribution is 2.42. The summed E-state index contributed by atoms with van der Waals surface area (Å²) in [6, 6.07) is 12.7. The first kappa shape index (κ1) is 14.7. The van der Waals surface area contributed by atoms with Crippen molar-refractivity contribution in [2.24, 2.45) is 0 Å². The van der Waals surface area contributed by atoms with E-state index in [2.05, 4.69) is 63.4 Å². The molecule has 2 aromatic heterocycles. The van der Waals surface area contributed by atoms with E-state index >= 15 is 0 Å². The fraction of sp³-hybridized carbons (Fsp3) is 0.200. The number of H-pyrrole nitrogens is 1. The molecule has 1 aliphatic heterocycles. The van der Waals surface area contributed by atoms with E-state index in [1.807, 2.05) is 11.0 Å². The van der Waals surface area contributed by atoms with Crippen molar-refractivity contribution in [3.8, 4) is 0 Å². The molecule has 5 rings (SSSR count). The molecule has 1 aromatic carbocycles. The standard InChI is InChI=1S/C20H17N3OS/c24-19(23-9-10-23)18-16-6-8-20(12-17(16)21-22-18,15-7-11-25-13-15)14-4-2-1-3-5-14/h1-8,11,13H,9-10,12H2,(H,21,22). The molecular weight excluding hydrogens is 330 g/mol. The summed E-state index contributed by atoms with van der Waals surface area (Å²) < 4.78 is 0. The van der Waals surface area contributed by atoms with Crippen LogP contribution in [-0.2, 0) is 11.8 Å². The van der Waals surface area contributed by atoms with Crippen LogP contribution in [0.25, 0.3) is 6.08 Å². The molecule has 4 nitrogen and oxygen atoms in total. The number of benzene rings is 1. The molecule has 5 heteroatoms. The number of hydrogen-bond acceptors (Lipinski definition) is 3. The molecule has 1 N–H and O–H groups in total. The molecule has 3 aromatic rings. The van der Waals surface area contributed by atoms with Gasteiger partial charge in [-0.25, -0.2) is 0 Å². The largest absolute Gasteiger partial charge is 0.334 e. The maximum Gasteiger partial charge on any atom is 0.275 e. The number of carbonyl (C=O) groups is 1. The molecule has 0 bridgehead atoms. The van der Waals surface area contributed by atoms with E-state index in [0.29, 0.717) is 5.69 Å². The molecule has 0 spiro atoms. The maximum atomic E-state index is 12.4. The zero-order valence-electron chi connectivity index (χ0n) is 13.6. The quantitative estimate of drug-likeness (QED) is 0.738. The van der Waals surface area contributed by atoms with E-state index in [1.54, 1.807) is 11.3 Å². The number of aromatic amines is 1. The molecule has 0 radical (unpaired) electrons. The van der Waals surface area contributed by atoms with Crippen molar-refractivity contribution in [1.29, 1.82) is 0 Å². The normalized spacial score (nSPS) is 21.2. The van der Waals surface area contributed by atoms with E-state index in [-0.39, 0.29) is 11.3 Å². The Morgan fingerprint density at radius 3 is 2.72 bits per heavy atom. The highest BCUT2D eigenvalue weighted by molar-refractivity contribution is 7.08. The fourth-order valence-corrected chi connectivity index (χ4v) is 4.39. The Labute approximate surface area is 149 Å². The van der Waals surface area contributed by atoms with Gasteiger partial charge in [0.2, 0.25) is 0 Å². The summed E-state index contributed by atoms with van der Waals surface area (Å²) in [4.78, 5) is 14.2. The SMILES string of the molecule is O=C(c1n[nH]c2c1C=CC(c1ccccc1)(c1ccsc1)C2)N1CC1. The van der Waals surface area contributed by atoms with Gasteiger partial charge in [-0.05, 0) is 28.0 Å². The number of amides is 1. The molecule has 1 saturated heterocycles. The zero-order chi connectivity index (χ0) is 16.9. The molecule has 1 atom stereocenters. The highest BCUT2D eigenvalue weighted by Gasteiger charge is 2.38. The van der Waals surface area contributed by atoms with E-state index in [4.69, 9.17) is 0 Å². The molecular formula is C20H17N3OS. The van der Waals surface area contributed by atoms with Crippen molar-refractivity contribution in [2.45, 2.75) is 11.8 Å². The molecule has 2 aliphatic rings. The van der Waals surface area contributed by atoms with Crippen molar-refractivity contribution in [3.05, 3.63) is 81.3 Å². The third-order valence-electron chi connectivity index (χ3n) is 5.14. The topological polar surface area (TPSA) is 48.8 Å². The fourth-order valence-electron chi connectivity index (χ4n) is 3.65. The first-order chi connectivity index (χ1) is 12.3. The van der Waals surface area contributed by atoms with E-state index < -0.39 is 0 Å². The number of aromatic nitrogens is 2. The van der Waals surface area contributed by atoms with Crippen LogP contribution in [0.3, 0.4) is 0 Å². The lowest BCUT2D eigenvalue weighted by atomic mass is 9.69. The Morgan fingerprint density at radius 1 is 1.16 bits per heavy atom. The van der Waals surface area contributed by atoms with Crippen LogP contribution < -0.4 is 0 Å². The van der Waals surface area contributed by atoms with Crippen molar-refractivity contribution in [3.63, 3.8) is 0 Å². The summed E-state index contributed by atoms with van der Waals surface area (Å²) >= 11 is 1.71. The summed E-state index contributed by atoms with van der Waals surface area (Å²) in [5, 5.41) is 11.8. The monoisotopic (exact) mass is 347 g/mol. The van der Waals surface area contributed by atoms with Crippen LogP contribution in [0, 0.1) is 0 Å². The first-order valence-corrected chi connectivity index (χ1v) is 9.36. The number of fused-ring (bicyclic) bond motifs is 1. The van der Waals surface area contributed by atoms with E-state index in [1.165, 1.54) is 11.1 Å². The van der Waals surface area contributed by atoms with Crippen LogP contribution >= 0.6 is 11.3 Å². The van der Waals surface area contributed by atoms with Gasteiger partial charge in [0.1, 0.15) is 0 Å². The minimum Gasteiger partial charge on any atom is -0.334 e. The summed E-state index contributed by atoms with van der Waals surface area (Å²) in [6.07, 6.45) is 5.09. The Kier molecular flexibility index (Phi) is 3.18. The van der Waals surface area contributed by atoms with Crippen molar-refractivity contribution in [1.82, 2.24) is 15.1 Å². The van der Waals surface area contributed by atoms with Gasteiger partial charge in [0, 0.05) is 36.2 Å². The van der Waals surface area contributed by atoms with Crippen LogP contribution in [0.1, 0.15) is 32.9 Å². The zero-order valence-corrected chi connectivity index (χ0v) is 14.4. The Balaban J connectivity index is 1.62. The number of thiophene rings is 1. The summed E-state index contributed by atoms with van der Waals surface area (Å²) in [5.74, 6) is 0.0323. The number of allylic oxidation sites excluding steroid dienone is 1. The number of carbonyl (C=O) groups excluding carboxylic acids is 1. The maximum absolute atomic E-state index is 12.4. The molecule has 1 unspecified atom stereocenters. The molecule has 1 aliphatic carbocycles. The summed E-state index contributed by atoms with van der Waals surface area (Å²) in [7, 11) is 0. The molecule has 3 heterocycles. The third-order valence-corrected chi connectivity index (χ3v) is 5.82. The van der Waals surface area contributed by atoms with Gasteiger partial charge < -0.3 is 4.90 Å². The number of hydrogen-bond donors (Lipinski definition) is 1. The average molecular weight is 347 g/mol. The lowest BCUT2D eigenvalue weighted by Gasteiger charge is -2.33. The van der Waals surface area contributed by atoms with E-state index in [9.17, 15) is 4.79 Å². The van der Waals surface area contributed by atoms with Gasteiger partial charge in [-0.3, -0.25) is 9.89 Å². The van der Waals surface area contributed by atoms with Crippen LogP contribution in [0.15, 0.2) is 53.2 Å². The number of rotatable bonds is 3. The number of nitrogens with one attached hydrogen (secondary N) is 1.